The Balaban J connectivity index is 3.78. The molecule has 0 aromatic heterocycles. The highest BCUT2D eigenvalue weighted by Gasteiger charge is 2.21. The molecule has 0 heterocycles. The maximum absolute atomic E-state index is 4.33. The van der Waals surface area contributed by atoms with Gasteiger partial charge < -0.3 is 0 Å². The van der Waals surface area contributed by atoms with Crippen LogP contribution in [0, 0.1) is 5.41 Å². The summed E-state index contributed by atoms with van der Waals surface area (Å²) in [5.74, 6) is 1.05. The Morgan fingerprint density at radius 2 is 1.47 bits per heavy atom. The molecule has 0 aliphatic rings. The predicted molar refractivity (Wildman–Crippen MR) is 74.9 cm³/mol. The summed E-state index contributed by atoms with van der Waals surface area (Å²) in [6.45, 7) is 7.07. The van der Waals surface area contributed by atoms with Crippen LogP contribution in [-0.4, -0.2) is 5.75 Å². The third-order valence-electron chi connectivity index (χ3n) is 3.43. The Labute approximate surface area is 103 Å². The van der Waals surface area contributed by atoms with E-state index in [-0.39, 0.29) is 0 Å². The summed E-state index contributed by atoms with van der Waals surface area (Å²) < 4.78 is 0. The van der Waals surface area contributed by atoms with Crippen molar-refractivity contribution in [3.05, 3.63) is 0 Å². The molecule has 1 atom stereocenters. The lowest BCUT2D eigenvalue weighted by Gasteiger charge is -2.29. The van der Waals surface area contributed by atoms with Gasteiger partial charge in [0.05, 0.1) is 0 Å². The first-order valence-corrected chi connectivity index (χ1v) is 7.42. The molecule has 0 rings (SSSR count). The molecule has 0 radical (unpaired) electrons. The molecule has 1 heteroatoms. The molecule has 0 aromatic rings. The van der Waals surface area contributed by atoms with Crippen molar-refractivity contribution in [3.8, 4) is 0 Å². The van der Waals surface area contributed by atoms with E-state index in [0.29, 0.717) is 5.41 Å². The third kappa shape index (κ3) is 8.19. The van der Waals surface area contributed by atoms with Crippen LogP contribution >= 0.6 is 12.6 Å². The summed E-state index contributed by atoms with van der Waals surface area (Å²) in [6, 6.07) is 0. The van der Waals surface area contributed by atoms with E-state index in [1.807, 2.05) is 0 Å². The minimum absolute atomic E-state index is 0.602. The molecule has 1 unspecified atom stereocenters. The van der Waals surface area contributed by atoms with Gasteiger partial charge in [0.15, 0.2) is 0 Å². The van der Waals surface area contributed by atoms with E-state index < -0.39 is 0 Å². The molecule has 15 heavy (non-hydrogen) atoms. The predicted octanol–water partition coefficient (Wildman–Crippen LogP) is 5.47. The van der Waals surface area contributed by atoms with Gasteiger partial charge in [-0.1, -0.05) is 52.9 Å². The van der Waals surface area contributed by atoms with Crippen LogP contribution in [0.15, 0.2) is 0 Å². The molecular weight excluding hydrogens is 200 g/mol. The van der Waals surface area contributed by atoms with Gasteiger partial charge in [0, 0.05) is 0 Å². The summed E-state index contributed by atoms with van der Waals surface area (Å²) in [5, 5.41) is 0. The molecule has 0 aromatic carbocycles. The normalized spacial score (nSPS) is 15.2. The molecule has 0 fully saturated rings. The van der Waals surface area contributed by atoms with E-state index in [2.05, 4.69) is 33.4 Å². The average molecular weight is 230 g/mol. The zero-order valence-electron chi connectivity index (χ0n) is 11.0. The highest BCUT2D eigenvalue weighted by atomic mass is 32.1. The fourth-order valence-electron chi connectivity index (χ4n) is 2.46. The van der Waals surface area contributed by atoms with E-state index in [1.165, 1.54) is 57.8 Å². The molecule has 0 saturated heterocycles. The lowest BCUT2D eigenvalue weighted by Crippen LogP contribution is -2.16. The summed E-state index contributed by atoms with van der Waals surface area (Å²) in [6.07, 6.45) is 12.4. The van der Waals surface area contributed by atoms with Crippen molar-refractivity contribution in [1.82, 2.24) is 0 Å². The number of hydrogen-bond acceptors (Lipinski definition) is 1. The highest BCUT2D eigenvalue weighted by Crippen LogP contribution is 2.35. The molecule has 0 bridgehead atoms. The van der Waals surface area contributed by atoms with Crippen LogP contribution in [0.4, 0.5) is 0 Å². The van der Waals surface area contributed by atoms with Crippen LogP contribution in [0.2, 0.25) is 0 Å². The van der Waals surface area contributed by atoms with Crippen LogP contribution < -0.4 is 0 Å². The molecule has 0 aliphatic heterocycles. The van der Waals surface area contributed by atoms with Crippen LogP contribution in [0.5, 0.6) is 0 Å². The maximum Gasteiger partial charge on any atom is -0.00977 e. The maximum atomic E-state index is 4.33. The topological polar surface area (TPSA) is 0 Å². The third-order valence-corrected chi connectivity index (χ3v) is 3.74. The van der Waals surface area contributed by atoms with Crippen LogP contribution in [0.1, 0.15) is 78.6 Å². The van der Waals surface area contributed by atoms with Crippen molar-refractivity contribution < 1.29 is 0 Å². The molecule has 0 nitrogen and oxygen atoms in total. The number of rotatable bonds is 10. The van der Waals surface area contributed by atoms with Crippen LogP contribution in [0.3, 0.4) is 0 Å². The second kappa shape index (κ2) is 9.57. The Kier molecular flexibility index (Phi) is 9.79. The van der Waals surface area contributed by atoms with E-state index in [9.17, 15) is 0 Å². The zero-order chi connectivity index (χ0) is 11.6. The molecule has 0 amide bonds. The second-order valence-corrected chi connectivity index (χ2v) is 5.65. The SMILES string of the molecule is CCCCCCC(C)(CCC)CCCS. The molecular formula is C14H30S. The largest absolute Gasteiger partial charge is 0.179 e. The Bertz CT molecular complexity index is 133. The van der Waals surface area contributed by atoms with E-state index >= 15 is 0 Å². The van der Waals surface area contributed by atoms with E-state index in [1.54, 1.807) is 0 Å². The van der Waals surface area contributed by atoms with Gasteiger partial charge in [-0.05, 0) is 36.9 Å². The lowest BCUT2D eigenvalue weighted by molar-refractivity contribution is 0.236. The van der Waals surface area contributed by atoms with Gasteiger partial charge in [-0.25, -0.2) is 0 Å². The standard InChI is InChI=1S/C14H30S/c1-4-6-7-8-11-14(3,10-5-2)12-9-13-15/h15H,4-13H2,1-3H3. The fraction of sp³-hybridized carbons (Fsp3) is 1.00. The van der Waals surface area contributed by atoms with E-state index in [4.69, 9.17) is 0 Å². The van der Waals surface area contributed by atoms with Crippen LogP contribution in [0.25, 0.3) is 0 Å². The lowest BCUT2D eigenvalue weighted by atomic mass is 9.77. The van der Waals surface area contributed by atoms with Gasteiger partial charge in [-0.15, -0.1) is 0 Å². The van der Waals surface area contributed by atoms with Crippen molar-refractivity contribution in [1.29, 1.82) is 0 Å². The highest BCUT2D eigenvalue weighted by molar-refractivity contribution is 7.80. The van der Waals surface area contributed by atoms with Gasteiger partial charge in [-0.3, -0.25) is 0 Å². The minimum atomic E-state index is 0.602. The second-order valence-electron chi connectivity index (χ2n) is 5.20. The van der Waals surface area contributed by atoms with Gasteiger partial charge >= 0.3 is 0 Å². The molecule has 0 N–H and O–H groups in total. The van der Waals surface area contributed by atoms with Crippen molar-refractivity contribution >= 4 is 12.6 Å². The minimum Gasteiger partial charge on any atom is -0.179 e. The summed E-state index contributed by atoms with van der Waals surface area (Å²) in [4.78, 5) is 0. The van der Waals surface area contributed by atoms with Crippen molar-refractivity contribution in [2.75, 3.05) is 5.75 Å². The molecule has 0 aliphatic carbocycles. The van der Waals surface area contributed by atoms with Crippen molar-refractivity contribution in [2.24, 2.45) is 5.41 Å². The summed E-state index contributed by atoms with van der Waals surface area (Å²) >= 11 is 4.33. The van der Waals surface area contributed by atoms with Gasteiger partial charge in [-0.2, -0.15) is 12.6 Å². The summed E-state index contributed by atoms with van der Waals surface area (Å²) in [5.41, 5.74) is 0.602. The first-order chi connectivity index (χ1) is 7.18. The zero-order valence-corrected chi connectivity index (χ0v) is 11.9. The summed E-state index contributed by atoms with van der Waals surface area (Å²) in [7, 11) is 0. The van der Waals surface area contributed by atoms with Crippen molar-refractivity contribution in [3.63, 3.8) is 0 Å². The monoisotopic (exact) mass is 230 g/mol. The number of hydrogen-bond donors (Lipinski definition) is 1. The first kappa shape index (κ1) is 15.3. The average Bonchev–Trinajstić information content (AvgIpc) is 2.22. The number of thiol groups is 1. The quantitative estimate of drug-likeness (QED) is 0.373. The Morgan fingerprint density at radius 1 is 0.800 bits per heavy atom. The van der Waals surface area contributed by atoms with Gasteiger partial charge in [0.25, 0.3) is 0 Å². The Morgan fingerprint density at radius 3 is 2.00 bits per heavy atom. The van der Waals surface area contributed by atoms with Gasteiger partial charge in [0.1, 0.15) is 0 Å². The molecule has 0 spiro atoms. The van der Waals surface area contributed by atoms with Crippen LogP contribution in [-0.2, 0) is 0 Å². The molecule has 92 valence electrons. The first-order valence-electron chi connectivity index (χ1n) is 6.79. The van der Waals surface area contributed by atoms with Gasteiger partial charge in [0.2, 0.25) is 0 Å². The van der Waals surface area contributed by atoms with E-state index in [0.717, 1.165) is 5.75 Å². The molecule has 0 saturated carbocycles. The number of unbranched alkanes of at least 4 members (excludes halogenated alkanes) is 3. The Hall–Kier alpha value is 0.350. The smallest absolute Gasteiger partial charge is 0.00977 e. The van der Waals surface area contributed by atoms with Crippen molar-refractivity contribution in [2.45, 2.75) is 78.6 Å². The fourth-order valence-corrected chi connectivity index (χ4v) is 2.62.